The zero-order valence-corrected chi connectivity index (χ0v) is 20.2. The van der Waals surface area contributed by atoms with Crippen molar-refractivity contribution in [2.24, 2.45) is 5.92 Å². The average Bonchev–Trinajstić information content (AvgIpc) is 2.83. The molecule has 0 bridgehead atoms. The molecule has 1 saturated heterocycles. The van der Waals surface area contributed by atoms with E-state index in [-0.39, 0.29) is 40.8 Å². The molecule has 3 rings (SSSR count). The van der Waals surface area contributed by atoms with E-state index < -0.39 is 15.9 Å². The van der Waals surface area contributed by atoms with Crippen LogP contribution in [0, 0.1) is 5.92 Å². The number of piperidine rings is 1. The summed E-state index contributed by atoms with van der Waals surface area (Å²) in [4.78, 5) is 39.2. The van der Waals surface area contributed by atoms with Crippen LogP contribution in [0.5, 0.6) is 0 Å². The van der Waals surface area contributed by atoms with Gasteiger partial charge < -0.3 is 15.5 Å². The van der Waals surface area contributed by atoms with Crippen molar-refractivity contribution in [3.05, 3.63) is 29.8 Å². The number of sulfonamides is 1. The zero-order chi connectivity index (χ0) is 24.0. The number of hydrogen-bond donors (Lipinski definition) is 2. The Bertz CT molecular complexity index is 965. The fraction of sp³-hybridized carbons (Fsp3) is 0.609. The van der Waals surface area contributed by atoms with Gasteiger partial charge in [-0.15, -0.1) is 0 Å². The molecule has 1 aliphatic carbocycles. The van der Waals surface area contributed by atoms with Gasteiger partial charge >= 0.3 is 0 Å². The van der Waals surface area contributed by atoms with Gasteiger partial charge in [0, 0.05) is 44.7 Å². The Morgan fingerprint density at radius 2 is 1.70 bits per heavy atom. The Hall–Kier alpha value is -2.46. The summed E-state index contributed by atoms with van der Waals surface area (Å²) >= 11 is 0. The number of rotatable bonds is 7. The molecule has 2 N–H and O–H groups in total. The van der Waals surface area contributed by atoms with Gasteiger partial charge in [-0.3, -0.25) is 14.4 Å². The van der Waals surface area contributed by atoms with Crippen LogP contribution >= 0.6 is 0 Å². The maximum atomic E-state index is 12.5. The standard InChI is InChI=1S/C23H34N4O5S/c1-26(2)33(31,32)20-10-6-9-18(15-20)22(29)24-16-21(28)27-13-11-19(12-14-27)25-23(30)17-7-4-3-5-8-17/h6,9-10,15,17,19H,3-5,7-8,11-14,16H2,1-2H3,(H,24,29)(H,25,30). The highest BCUT2D eigenvalue weighted by Crippen LogP contribution is 2.24. The van der Waals surface area contributed by atoms with E-state index >= 15 is 0 Å². The van der Waals surface area contributed by atoms with Crippen LogP contribution in [0.25, 0.3) is 0 Å². The number of likely N-dealkylation sites (tertiary alicyclic amines) is 1. The molecule has 3 amide bonds. The SMILES string of the molecule is CN(C)S(=O)(=O)c1cccc(C(=O)NCC(=O)N2CCC(NC(=O)C3CCCCC3)CC2)c1. The van der Waals surface area contributed by atoms with Crippen LogP contribution in [-0.4, -0.2) is 75.1 Å². The molecule has 1 aliphatic heterocycles. The molecule has 1 heterocycles. The number of carbonyl (C=O) groups is 3. The summed E-state index contributed by atoms with van der Waals surface area (Å²) in [6, 6.07) is 5.82. The Labute approximate surface area is 195 Å². The van der Waals surface area contributed by atoms with Crippen molar-refractivity contribution >= 4 is 27.7 Å². The van der Waals surface area contributed by atoms with E-state index in [2.05, 4.69) is 10.6 Å². The minimum atomic E-state index is -3.65. The van der Waals surface area contributed by atoms with Gasteiger partial charge in [-0.1, -0.05) is 25.3 Å². The topological polar surface area (TPSA) is 116 Å². The molecule has 1 aromatic carbocycles. The Morgan fingerprint density at radius 3 is 2.33 bits per heavy atom. The Morgan fingerprint density at radius 1 is 1.03 bits per heavy atom. The first-order chi connectivity index (χ1) is 15.7. The fourth-order valence-corrected chi connectivity index (χ4v) is 5.28. The molecule has 2 fully saturated rings. The second-order valence-corrected chi connectivity index (χ2v) is 11.1. The smallest absolute Gasteiger partial charge is 0.251 e. The predicted octanol–water partition coefficient (Wildman–Crippen LogP) is 1.35. The lowest BCUT2D eigenvalue weighted by Gasteiger charge is -2.33. The molecule has 0 unspecified atom stereocenters. The lowest BCUT2D eigenvalue weighted by Crippen LogP contribution is -2.50. The summed E-state index contributed by atoms with van der Waals surface area (Å²) in [7, 11) is -0.811. The molecule has 0 radical (unpaired) electrons. The third kappa shape index (κ3) is 6.54. The van der Waals surface area contributed by atoms with E-state index in [1.807, 2.05) is 0 Å². The number of nitrogens with one attached hydrogen (secondary N) is 2. The third-order valence-electron chi connectivity index (χ3n) is 6.44. The van der Waals surface area contributed by atoms with Gasteiger partial charge in [0.1, 0.15) is 0 Å². The van der Waals surface area contributed by atoms with Crippen molar-refractivity contribution in [2.45, 2.75) is 55.9 Å². The predicted molar refractivity (Wildman–Crippen MR) is 124 cm³/mol. The summed E-state index contributed by atoms with van der Waals surface area (Å²) < 4.78 is 25.6. The summed E-state index contributed by atoms with van der Waals surface area (Å²) in [5.41, 5.74) is 0.176. The molecule has 1 aromatic rings. The van der Waals surface area contributed by atoms with Gasteiger partial charge in [-0.05, 0) is 43.9 Å². The van der Waals surface area contributed by atoms with Crippen LogP contribution in [0.1, 0.15) is 55.3 Å². The van der Waals surface area contributed by atoms with Crippen molar-refractivity contribution in [1.29, 1.82) is 0 Å². The van der Waals surface area contributed by atoms with Crippen LogP contribution in [0.15, 0.2) is 29.2 Å². The fourth-order valence-electron chi connectivity index (χ4n) is 4.34. The first-order valence-corrected chi connectivity index (χ1v) is 13.0. The van der Waals surface area contributed by atoms with Gasteiger partial charge in [0.25, 0.3) is 5.91 Å². The van der Waals surface area contributed by atoms with E-state index in [0.717, 1.165) is 30.0 Å². The van der Waals surface area contributed by atoms with Crippen LogP contribution in [0.2, 0.25) is 0 Å². The molecule has 0 spiro atoms. The van der Waals surface area contributed by atoms with E-state index in [1.165, 1.54) is 44.8 Å². The molecule has 1 saturated carbocycles. The van der Waals surface area contributed by atoms with Crippen molar-refractivity contribution in [2.75, 3.05) is 33.7 Å². The highest BCUT2D eigenvalue weighted by molar-refractivity contribution is 7.89. The summed E-state index contributed by atoms with van der Waals surface area (Å²) in [5.74, 6) is -0.434. The van der Waals surface area contributed by atoms with Gasteiger partial charge in [0.05, 0.1) is 11.4 Å². The largest absolute Gasteiger partial charge is 0.353 e. The number of nitrogens with zero attached hydrogens (tertiary/aromatic N) is 2. The molecular weight excluding hydrogens is 444 g/mol. The number of benzene rings is 1. The van der Waals surface area contributed by atoms with Crippen molar-refractivity contribution in [3.8, 4) is 0 Å². The highest BCUT2D eigenvalue weighted by Gasteiger charge is 2.27. The molecule has 10 heteroatoms. The monoisotopic (exact) mass is 478 g/mol. The van der Waals surface area contributed by atoms with Crippen molar-refractivity contribution in [3.63, 3.8) is 0 Å². The van der Waals surface area contributed by atoms with E-state index in [4.69, 9.17) is 0 Å². The second-order valence-electron chi connectivity index (χ2n) is 9.00. The van der Waals surface area contributed by atoms with E-state index in [9.17, 15) is 22.8 Å². The van der Waals surface area contributed by atoms with Crippen molar-refractivity contribution in [1.82, 2.24) is 19.8 Å². The Kier molecular flexibility index (Phi) is 8.47. The molecule has 33 heavy (non-hydrogen) atoms. The van der Waals surface area contributed by atoms with Gasteiger partial charge in [-0.2, -0.15) is 0 Å². The Balaban J connectivity index is 1.45. The molecular formula is C23H34N4O5S. The van der Waals surface area contributed by atoms with Crippen LogP contribution in [-0.2, 0) is 19.6 Å². The van der Waals surface area contributed by atoms with Gasteiger partial charge in [0.2, 0.25) is 21.8 Å². The lowest BCUT2D eigenvalue weighted by atomic mass is 9.88. The number of carbonyl (C=O) groups excluding carboxylic acids is 3. The van der Waals surface area contributed by atoms with Crippen LogP contribution < -0.4 is 10.6 Å². The lowest BCUT2D eigenvalue weighted by molar-refractivity contribution is -0.131. The molecule has 0 aromatic heterocycles. The number of hydrogen-bond acceptors (Lipinski definition) is 5. The summed E-state index contributed by atoms with van der Waals surface area (Å²) in [6.07, 6.45) is 6.77. The number of amides is 3. The minimum absolute atomic E-state index is 0.0174. The molecule has 9 nitrogen and oxygen atoms in total. The highest BCUT2D eigenvalue weighted by atomic mass is 32.2. The molecule has 182 valence electrons. The van der Waals surface area contributed by atoms with Crippen LogP contribution in [0.4, 0.5) is 0 Å². The van der Waals surface area contributed by atoms with Crippen molar-refractivity contribution < 1.29 is 22.8 Å². The normalized spacial score (nSPS) is 18.2. The molecule has 0 atom stereocenters. The first kappa shape index (κ1) is 25.2. The minimum Gasteiger partial charge on any atom is -0.353 e. The second kappa shape index (κ2) is 11.1. The maximum Gasteiger partial charge on any atom is 0.251 e. The molecule has 2 aliphatic rings. The first-order valence-electron chi connectivity index (χ1n) is 11.6. The van der Waals surface area contributed by atoms with Crippen LogP contribution in [0.3, 0.4) is 0 Å². The third-order valence-corrected chi connectivity index (χ3v) is 8.26. The maximum absolute atomic E-state index is 12.5. The zero-order valence-electron chi connectivity index (χ0n) is 19.4. The average molecular weight is 479 g/mol. The summed E-state index contributed by atoms with van der Waals surface area (Å²) in [5, 5.41) is 5.73. The summed E-state index contributed by atoms with van der Waals surface area (Å²) in [6.45, 7) is 0.893. The van der Waals surface area contributed by atoms with Gasteiger partial charge in [0.15, 0.2) is 0 Å². The quantitative estimate of drug-likeness (QED) is 0.614. The van der Waals surface area contributed by atoms with E-state index in [0.29, 0.717) is 25.9 Å². The van der Waals surface area contributed by atoms with E-state index in [1.54, 1.807) is 4.90 Å². The van der Waals surface area contributed by atoms with Gasteiger partial charge in [-0.25, -0.2) is 12.7 Å².